The second kappa shape index (κ2) is 9.48. The van der Waals surface area contributed by atoms with Gasteiger partial charge >= 0.3 is 0 Å². The van der Waals surface area contributed by atoms with Crippen molar-refractivity contribution >= 4 is 55.9 Å². The number of aromatic nitrogens is 2. The molecule has 0 aliphatic heterocycles. The maximum atomic E-state index is 11.7. The van der Waals surface area contributed by atoms with Crippen molar-refractivity contribution in [3.63, 3.8) is 0 Å². The van der Waals surface area contributed by atoms with Crippen molar-refractivity contribution in [1.82, 2.24) is 20.6 Å². The van der Waals surface area contributed by atoms with Gasteiger partial charge in [-0.15, -0.1) is 0 Å². The van der Waals surface area contributed by atoms with Crippen LogP contribution < -0.4 is 16.0 Å². The first-order chi connectivity index (χ1) is 13.2. The molecular weight excluding hydrogens is 426 g/mol. The summed E-state index contributed by atoms with van der Waals surface area (Å²) in [5.74, 6) is -0.0115. The molecule has 0 unspecified atom stereocenters. The number of nitrogens with zero attached hydrogens (tertiary/aromatic N) is 1. The highest BCUT2D eigenvalue weighted by atomic mass is 79.9. The van der Waals surface area contributed by atoms with Gasteiger partial charge in [0.25, 0.3) is 0 Å². The number of aromatic amines is 1. The zero-order chi connectivity index (χ0) is 19.1. The SMILES string of the molecule is O=C(CCBr)Nc1cccc(CNC(=S)NCc2ccnc3[nH]ccc23)c1. The van der Waals surface area contributed by atoms with Gasteiger partial charge in [-0.3, -0.25) is 4.79 Å². The Balaban J connectivity index is 1.50. The quantitative estimate of drug-likeness (QED) is 0.330. The first-order valence-electron chi connectivity index (χ1n) is 8.53. The minimum atomic E-state index is -0.0115. The van der Waals surface area contributed by atoms with E-state index in [1.54, 1.807) is 6.20 Å². The summed E-state index contributed by atoms with van der Waals surface area (Å²) in [6.07, 6.45) is 4.10. The lowest BCUT2D eigenvalue weighted by atomic mass is 10.2. The number of benzene rings is 1. The van der Waals surface area contributed by atoms with E-state index in [-0.39, 0.29) is 5.91 Å². The van der Waals surface area contributed by atoms with E-state index in [1.807, 2.05) is 42.6 Å². The molecule has 3 aromatic rings. The van der Waals surface area contributed by atoms with Gasteiger partial charge in [0.05, 0.1) is 0 Å². The van der Waals surface area contributed by atoms with Gasteiger partial charge in [-0.25, -0.2) is 4.98 Å². The molecule has 4 N–H and O–H groups in total. The molecule has 2 aromatic heterocycles. The number of thiocarbonyl (C=S) groups is 1. The summed E-state index contributed by atoms with van der Waals surface area (Å²) in [6, 6.07) is 11.7. The topological polar surface area (TPSA) is 81.8 Å². The number of hydrogen-bond acceptors (Lipinski definition) is 3. The van der Waals surface area contributed by atoms with Crippen LogP contribution in [0.2, 0.25) is 0 Å². The van der Waals surface area contributed by atoms with Crippen molar-refractivity contribution in [1.29, 1.82) is 0 Å². The second-order valence-electron chi connectivity index (χ2n) is 5.93. The van der Waals surface area contributed by atoms with E-state index in [4.69, 9.17) is 12.2 Å². The summed E-state index contributed by atoms with van der Waals surface area (Å²) in [7, 11) is 0. The molecule has 6 nitrogen and oxygen atoms in total. The standard InChI is InChI=1S/C19H20BrN5OS/c20-7-4-17(26)25-15-3-1-2-13(10-15)11-23-19(27)24-12-14-5-8-21-18-16(14)6-9-22-18/h1-3,5-6,8-10H,4,7,11-12H2,(H,21,22)(H,25,26)(H2,23,24,27). The molecule has 0 aliphatic rings. The van der Waals surface area contributed by atoms with Gasteiger partial charge in [0, 0.05) is 48.3 Å². The van der Waals surface area contributed by atoms with E-state index in [0.29, 0.717) is 30.0 Å². The number of alkyl halides is 1. The molecule has 0 bridgehead atoms. The lowest BCUT2D eigenvalue weighted by molar-refractivity contribution is -0.115. The number of carbonyl (C=O) groups excluding carboxylic acids is 1. The predicted octanol–water partition coefficient (Wildman–Crippen LogP) is 3.45. The summed E-state index contributed by atoms with van der Waals surface area (Å²) in [4.78, 5) is 19.1. The predicted molar refractivity (Wildman–Crippen MR) is 116 cm³/mol. The van der Waals surface area contributed by atoms with Crippen LogP contribution in [-0.4, -0.2) is 26.3 Å². The van der Waals surface area contributed by atoms with Crippen LogP contribution in [0, 0.1) is 0 Å². The van der Waals surface area contributed by atoms with E-state index < -0.39 is 0 Å². The largest absolute Gasteiger partial charge is 0.359 e. The van der Waals surface area contributed by atoms with E-state index in [2.05, 4.69) is 41.8 Å². The van der Waals surface area contributed by atoms with E-state index in [1.165, 1.54) is 0 Å². The molecular formula is C19H20BrN5OS. The number of amides is 1. The zero-order valence-corrected chi connectivity index (χ0v) is 17.0. The van der Waals surface area contributed by atoms with E-state index in [9.17, 15) is 4.79 Å². The molecule has 0 aliphatic carbocycles. The monoisotopic (exact) mass is 445 g/mol. The van der Waals surface area contributed by atoms with Crippen LogP contribution in [0.25, 0.3) is 11.0 Å². The zero-order valence-electron chi connectivity index (χ0n) is 14.6. The van der Waals surface area contributed by atoms with Crippen molar-refractivity contribution in [2.24, 2.45) is 0 Å². The van der Waals surface area contributed by atoms with Crippen molar-refractivity contribution in [2.75, 3.05) is 10.6 Å². The number of fused-ring (bicyclic) bond motifs is 1. The number of carbonyl (C=O) groups is 1. The Labute approximate surface area is 171 Å². The number of hydrogen-bond donors (Lipinski definition) is 4. The molecule has 0 spiro atoms. The molecule has 0 atom stereocenters. The number of nitrogens with one attached hydrogen (secondary N) is 4. The number of anilines is 1. The lowest BCUT2D eigenvalue weighted by Gasteiger charge is -2.12. The highest BCUT2D eigenvalue weighted by molar-refractivity contribution is 9.09. The third kappa shape index (κ3) is 5.51. The normalized spacial score (nSPS) is 10.6. The van der Waals surface area contributed by atoms with Crippen molar-refractivity contribution in [3.05, 3.63) is 59.9 Å². The third-order valence-corrected chi connectivity index (χ3v) is 4.66. The maximum absolute atomic E-state index is 11.7. The average molecular weight is 446 g/mol. The molecule has 27 heavy (non-hydrogen) atoms. The van der Waals surface area contributed by atoms with E-state index in [0.717, 1.165) is 27.8 Å². The Hall–Kier alpha value is -2.45. The molecule has 140 valence electrons. The number of pyridine rings is 1. The average Bonchev–Trinajstić information content (AvgIpc) is 3.14. The number of halogens is 1. The van der Waals surface area contributed by atoms with Gasteiger partial charge in [0.2, 0.25) is 5.91 Å². The van der Waals surface area contributed by atoms with Gasteiger partial charge in [-0.1, -0.05) is 28.1 Å². The fourth-order valence-corrected chi connectivity index (χ4v) is 3.17. The smallest absolute Gasteiger partial charge is 0.225 e. The maximum Gasteiger partial charge on any atom is 0.225 e. The summed E-state index contributed by atoms with van der Waals surface area (Å²) in [6.45, 7) is 1.19. The Kier molecular flexibility index (Phi) is 6.78. The number of rotatable bonds is 7. The van der Waals surface area contributed by atoms with Crippen LogP contribution in [0.1, 0.15) is 17.5 Å². The molecule has 2 heterocycles. The summed E-state index contributed by atoms with van der Waals surface area (Å²) < 4.78 is 0. The van der Waals surface area contributed by atoms with Crippen LogP contribution in [0.3, 0.4) is 0 Å². The molecule has 8 heteroatoms. The Bertz CT molecular complexity index is 943. The van der Waals surface area contributed by atoms with Gasteiger partial charge in [-0.05, 0) is 47.6 Å². The molecule has 1 amide bonds. The van der Waals surface area contributed by atoms with E-state index >= 15 is 0 Å². The lowest BCUT2D eigenvalue weighted by Crippen LogP contribution is -2.34. The van der Waals surface area contributed by atoms with Gasteiger partial charge in [-0.2, -0.15) is 0 Å². The highest BCUT2D eigenvalue weighted by Gasteiger charge is 2.05. The minimum absolute atomic E-state index is 0.0115. The summed E-state index contributed by atoms with van der Waals surface area (Å²) in [5, 5.41) is 11.6. The number of H-pyrrole nitrogens is 1. The Morgan fingerprint density at radius 2 is 2.04 bits per heavy atom. The van der Waals surface area contributed by atoms with Gasteiger partial charge in [0.1, 0.15) is 5.65 Å². The van der Waals surface area contributed by atoms with Crippen LogP contribution in [0.5, 0.6) is 0 Å². The highest BCUT2D eigenvalue weighted by Crippen LogP contribution is 2.14. The fraction of sp³-hybridized carbons (Fsp3) is 0.211. The van der Waals surface area contributed by atoms with Crippen molar-refractivity contribution in [3.8, 4) is 0 Å². The first-order valence-corrected chi connectivity index (χ1v) is 10.1. The summed E-state index contributed by atoms with van der Waals surface area (Å²) >= 11 is 8.63. The fourth-order valence-electron chi connectivity index (χ4n) is 2.66. The Morgan fingerprint density at radius 3 is 2.89 bits per heavy atom. The van der Waals surface area contributed by atoms with Crippen molar-refractivity contribution in [2.45, 2.75) is 19.5 Å². The van der Waals surface area contributed by atoms with Crippen LogP contribution in [-0.2, 0) is 17.9 Å². The molecule has 0 saturated carbocycles. The minimum Gasteiger partial charge on any atom is -0.359 e. The molecule has 0 radical (unpaired) electrons. The summed E-state index contributed by atoms with van der Waals surface area (Å²) in [5.41, 5.74) is 3.81. The van der Waals surface area contributed by atoms with Gasteiger partial charge < -0.3 is 20.9 Å². The molecule has 0 saturated heterocycles. The molecule has 3 rings (SSSR count). The third-order valence-electron chi connectivity index (χ3n) is 3.98. The first kappa shape index (κ1) is 19.3. The van der Waals surface area contributed by atoms with Crippen LogP contribution >= 0.6 is 28.1 Å². The molecule has 1 aromatic carbocycles. The Morgan fingerprint density at radius 1 is 1.19 bits per heavy atom. The van der Waals surface area contributed by atoms with Crippen LogP contribution in [0.4, 0.5) is 5.69 Å². The second-order valence-corrected chi connectivity index (χ2v) is 7.14. The van der Waals surface area contributed by atoms with Gasteiger partial charge in [0.15, 0.2) is 5.11 Å². The molecule has 0 fully saturated rings. The van der Waals surface area contributed by atoms with Crippen LogP contribution in [0.15, 0.2) is 48.8 Å². The van der Waals surface area contributed by atoms with Crippen molar-refractivity contribution < 1.29 is 4.79 Å².